The number of carbonyl (C=O) groups excluding carboxylic acids is 1. The third-order valence-electron chi connectivity index (χ3n) is 1.77. The maximum absolute atomic E-state index is 13.2. The number of halogens is 1. The number of carbonyl (C=O) groups is 1. The van der Waals surface area contributed by atoms with Crippen LogP contribution in [0.4, 0.5) is 4.39 Å². The molecule has 0 saturated heterocycles. The highest BCUT2D eigenvalue weighted by molar-refractivity contribution is 5.90. The van der Waals surface area contributed by atoms with Crippen molar-refractivity contribution in [2.75, 3.05) is 7.11 Å². The number of esters is 1. The molecule has 80 valence electrons. The zero-order valence-electron chi connectivity index (χ0n) is 8.58. The van der Waals surface area contributed by atoms with Crippen molar-refractivity contribution in [3.8, 4) is 17.9 Å². The van der Waals surface area contributed by atoms with Crippen LogP contribution in [0.5, 0.6) is 0 Å². The molecule has 0 atom stereocenters. The van der Waals surface area contributed by atoms with Gasteiger partial charge in [0.05, 0.1) is 25.2 Å². The van der Waals surface area contributed by atoms with Crippen molar-refractivity contribution in [3.63, 3.8) is 0 Å². The summed E-state index contributed by atoms with van der Waals surface area (Å²) in [4.78, 5) is 11.2. The minimum absolute atomic E-state index is 0.0882. The summed E-state index contributed by atoms with van der Waals surface area (Å²) < 4.78 is 17.6. The van der Waals surface area contributed by atoms with Crippen molar-refractivity contribution in [1.29, 1.82) is 5.26 Å². The second-order valence-corrected chi connectivity index (χ2v) is 2.82. The summed E-state index contributed by atoms with van der Waals surface area (Å²) in [6.07, 6.45) is 0.0882. The van der Waals surface area contributed by atoms with Crippen LogP contribution in [0.15, 0.2) is 18.2 Å². The van der Waals surface area contributed by atoms with Crippen LogP contribution in [0.2, 0.25) is 0 Å². The van der Waals surface area contributed by atoms with E-state index in [4.69, 9.17) is 5.26 Å². The number of nitriles is 1. The average Bonchev–Trinajstić information content (AvgIpc) is 2.30. The fourth-order valence-corrected chi connectivity index (χ4v) is 1.06. The van der Waals surface area contributed by atoms with E-state index in [0.29, 0.717) is 5.56 Å². The summed E-state index contributed by atoms with van der Waals surface area (Å²) >= 11 is 0. The molecule has 1 aromatic rings. The van der Waals surface area contributed by atoms with E-state index >= 15 is 0 Å². The van der Waals surface area contributed by atoms with Crippen molar-refractivity contribution in [3.05, 3.63) is 35.1 Å². The second-order valence-electron chi connectivity index (χ2n) is 2.82. The van der Waals surface area contributed by atoms with Crippen molar-refractivity contribution < 1.29 is 13.9 Å². The van der Waals surface area contributed by atoms with Crippen molar-refractivity contribution in [1.82, 2.24) is 0 Å². The molecule has 1 aromatic carbocycles. The van der Waals surface area contributed by atoms with Crippen molar-refractivity contribution in [2.45, 2.75) is 6.42 Å². The molecule has 0 saturated carbocycles. The predicted octanol–water partition coefficient (Wildman–Crippen LogP) is 1.88. The van der Waals surface area contributed by atoms with Crippen LogP contribution >= 0.6 is 0 Å². The number of hydrogen-bond donors (Lipinski definition) is 0. The molecule has 3 nitrogen and oxygen atoms in total. The van der Waals surface area contributed by atoms with Crippen LogP contribution in [0.3, 0.4) is 0 Å². The van der Waals surface area contributed by atoms with Crippen molar-refractivity contribution in [2.24, 2.45) is 0 Å². The number of hydrogen-bond acceptors (Lipinski definition) is 3. The Morgan fingerprint density at radius 1 is 1.56 bits per heavy atom. The number of ether oxygens (including phenoxy) is 1. The van der Waals surface area contributed by atoms with E-state index in [9.17, 15) is 9.18 Å². The highest BCUT2D eigenvalue weighted by Gasteiger charge is 2.11. The van der Waals surface area contributed by atoms with Gasteiger partial charge in [-0.05, 0) is 18.2 Å². The van der Waals surface area contributed by atoms with Gasteiger partial charge in [0.25, 0.3) is 0 Å². The zero-order chi connectivity index (χ0) is 12.0. The molecule has 0 aliphatic rings. The predicted molar refractivity (Wildman–Crippen MR) is 54.8 cm³/mol. The molecule has 0 bridgehead atoms. The van der Waals surface area contributed by atoms with Gasteiger partial charge in [-0.25, -0.2) is 9.18 Å². The Balaban J connectivity index is 3.05. The lowest BCUT2D eigenvalue weighted by molar-refractivity contribution is 0.0595. The monoisotopic (exact) mass is 217 g/mol. The Labute approximate surface area is 92.5 Å². The summed E-state index contributed by atoms with van der Waals surface area (Å²) in [5.41, 5.74) is 0.309. The maximum atomic E-state index is 13.2. The SMILES string of the molecule is COC(=O)c1cc(C#CCC#N)ccc1F. The lowest BCUT2D eigenvalue weighted by Crippen LogP contribution is -2.04. The molecule has 0 aromatic heterocycles. The minimum atomic E-state index is -0.749. The number of rotatable bonds is 1. The highest BCUT2D eigenvalue weighted by Crippen LogP contribution is 2.11. The normalized spacial score (nSPS) is 8.56. The topological polar surface area (TPSA) is 50.1 Å². The smallest absolute Gasteiger partial charge is 0.340 e. The lowest BCUT2D eigenvalue weighted by Gasteiger charge is -2.00. The maximum Gasteiger partial charge on any atom is 0.340 e. The lowest BCUT2D eigenvalue weighted by atomic mass is 10.1. The fourth-order valence-electron chi connectivity index (χ4n) is 1.06. The van der Waals surface area contributed by atoms with Gasteiger partial charge in [-0.1, -0.05) is 11.8 Å². The molecule has 0 aliphatic heterocycles. The quantitative estimate of drug-likeness (QED) is 0.533. The second kappa shape index (κ2) is 5.53. The Kier molecular flexibility index (Phi) is 4.06. The molecule has 0 heterocycles. The van der Waals surface area contributed by atoms with E-state index in [0.717, 1.165) is 6.07 Å². The van der Waals surface area contributed by atoms with Gasteiger partial charge in [0, 0.05) is 5.56 Å². The fraction of sp³-hybridized carbons (Fsp3) is 0.167. The van der Waals surface area contributed by atoms with Crippen LogP contribution in [0, 0.1) is 29.0 Å². The summed E-state index contributed by atoms with van der Waals surface area (Å²) in [5, 5.41) is 8.28. The van der Waals surface area contributed by atoms with Gasteiger partial charge in [-0.2, -0.15) is 5.26 Å². The first-order valence-electron chi connectivity index (χ1n) is 4.42. The molecule has 4 heteroatoms. The van der Waals surface area contributed by atoms with Gasteiger partial charge in [0.15, 0.2) is 0 Å². The van der Waals surface area contributed by atoms with Crippen LogP contribution < -0.4 is 0 Å². The van der Waals surface area contributed by atoms with Gasteiger partial charge >= 0.3 is 5.97 Å². The van der Waals surface area contributed by atoms with Gasteiger partial charge < -0.3 is 4.74 Å². The van der Waals surface area contributed by atoms with Gasteiger partial charge in [0.2, 0.25) is 0 Å². The molecule has 0 spiro atoms. The van der Waals surface area contributed by atoms with Gasteiger partial charge in [-0.3, -0.25) is 0 Å². The van der Waals surface area contributed by atoms with Crippen LogP contribution in [0.1, 0.15) is 22.3 Å². The molecule has 0 fully saturated rings. The molecule has 0 unspecified atom stereocenters. The molecule has 1 rings (SSSR count). The molecule has 0 N–H and O–H groups in total. The average molecular weight is 217 g/mol. The summed E-state index contributed by atoms with van der Waals surface area (Å²) in [6.45, 7) is 0. The van der Waals surface area contributed by atoms with Crippen molar-refractivity contribution >= 4 is 5.97 Å². The minimum Gasteiger partial charge on any atom is -0.465 e. The summed E-state index contributed by atoms with van der Waals surface area (Å²) in [6, 6.07) is 5.73. The number of methoxy groups -OCH3 is 1. The first-order valence-corrected chi connectivity index (χ1v) is 4.42. The van der Waals surface area contributed by atoms with Crippen LogP contribution in [-0.2, 0) is 4.74 Å². The first-order chi connectivity index (χ1) is 7.69. The molecule has 16 heavy (non-hydrogen) atoms. The van der Waals surface area contributed by atoms with E-state index in [1.165, 1.54) is 19.2 Å². The Morgan fingerprint density at radius 2 is 2.31 bits per heavy atom. The molecular weight excluding hydrogens is 209 g/mol. The van der Waals surface area contributed by atoms with Gasteiger partial charge in [-0.15, -0.1) is 0 Å². The van der Waals surface area contributed by atoms with Gasteiger partial charge in [0.1, 0.15) is 5.82 Å². The molecular formula is C12H8FNO2. The third kappa shape index (κ3) is 2.83. The number of benzene rings is 1. The van der Waals surface area contributed by atoms with E-state index < -0.39 is 11.8 Å². The van der Waals surface area contributed by atoms with E-state index in [-0.39, 0.29) is 12.0 Å². The third-order valence-corrected chi connectivity index (χ3v) is 1.77. The molecule has 0 radical (unpaired) electrons. The van der Waals surface area contributed by atoms with Crippen LogP contribution in [-0.4, -0.2) is 13.1 Å². The van der Waals surface area contributed by atoms with E-state index in [1.807, 2.05) is 6.07 Å². The molecule has 0 amide bonds. The highest BCUT2D eigenvalue weighted by atomic mass is 19.1. The van der Waals surface area contributed by atoms with Crippen LogP contribution in [0.25, 0.3) is 0 Å². The standard InChI is InChI=1S/C12H8FNO2/c1-16-12(15)10-8-9(4-2-3-7-14)5-6-11(10)13/h5-6,8H,3H2,1H3. The Bertz CT molecular complexity index is 506. The van der Waals surface area contributed by atoms with E-state index in [2.05, 4.69) is 16.6 Å². The van der Waals surface area contributed by atoms with E-state index in [1.54, 1.807) is 0 Å². The zero-order valence-corrected chi connectivity index (χ0v) is 8.58. The molecule has 0 aliphatic carbocycles. The first kappa shape index (κ1) is 11.7. The number of nitrogens with zero attached hydrogens (tertiary/aromatic N) is 1. The largest absolute Gasteiger partial charge is 0.465 e. The summed E-state index contributed by atoms with van der Waals surface area (Å²) in [5.74, 6) is 3.81. The summed E-state index contributed by atoms with van der Waals surface area (Å²) in [7, 11) is 1.18. The Hall–Kier alpha value is -2.33. The Morgan fingerprint density at radius 3 is 2.94 bits per heavy atom.